The fourth-order valence-electron chi connectivity index (χ4n) is 3.40. The lowest BCUT2D eigenvalue weighted by Gasteiger charge is -2.22. The molecule has 4 nitrogen and oxygen atoms in total. The number of fused-ring (bicyclic) bond motifs is 2. The van der Waals surface area contributed by atoms with Gasteiger partial charge in [-0.2, -0.15) is 0 Å². The van der Waals surface area contributed by atoms with Crippen LogP contribution in [0.15, 0.2) is 12.1 Å². The summed E-state index contributed by atoms with van der Waals surface area (Å²) < 4.78 is 0. The minimum absolute atomic E-state index is 0.153. The van der Waals surface area contributed by atoms with Gasteiger partial charge >= 0.3 is 0 Å². The van der Waals surface area contributed by atoms with Crippen LogP contribution in [0.2, 0.25) is 5.02 Å². The van der Waals surface area contributed by atoms with Crippen molar-refractivity contribution >= 4 is 23.3 Å². The van der Waals surface area contributed by atoms with Crippen molar-refractivity contribution in [2.24, 2.45) is 11.8 Å². The molecule has 1 heterocycles. The maximum Gasteiger partial charge on any atom is 0.271 e. The average molecular weight is 280 g/mol. The van der Waals surface area contributed by atoms with Crippen LogP contribution in [0.25, 0.3) is 0 Å². The molecule has 19 heavy (non-hydrogen) atoms. The number of hydrogen-bond acceptors (Lipinski definition) is 3. The Morgan fingerprint density at radius 3 is 2.84 bits per heavy atom. The lowest BCUT2D eigenvalue weighted by Crippen LogP contribution is -2.39. The van der Waals surface area contributed by atoms with Crippen LogP contribution in [0.5, 0.6) is 0 Å². The summed E-state index contributed by atoms with van der Waals surface area (Å²) in [6.07, 6.45) is 4.95. The molecule has 3 rings (SSSR count). The van der Waals surface area contributed by atoms with Gasteiger partial charge in [0.25, 0.3) is 5.91 Å². The van der Waals surface area contributed by atoms with Crippen molar-refractivity contribution < 1.29 is 4.79 Å². The lowest BCUT2D eigenvalue weighted by molar-refractivity contribution is 0.0918. The molecule has 0 spiro atoms. The maximum absolute atomic E-state index is 12.3. The zero-order valence-corrected chi connectivity index (χ0v) is 11.7. The molecule has 2 aliphatic carbocycles. The number of hydrogen-bond donors (Lipinski definition) is 2. The van der Waals surface area contributed by atoms with Crippen LogP contribution in [0.1, 0.15) is 36.2 Å². The molecule has 2 N–H and O–H groups in total. The van der Waals surface area contributed by atoms with Crippen LogP contribution in [-0.4, -0.2) is 24.0 Å². The van der Waals surface area contributed by atoms with Gasteiger partial charge in [0.15, 0.2) is 0 Å². The van der Waals surface area contributed by atoms with Crippen LogP contribution in [0.3, 0.4) is 0 Å². The highest BCUT2D eigenvalue weighted by Crippen LogP contribution is 2.44. The van der Waals surface area contributed by atoms with E-state index in [0.717, 1.165) is 12.3 Å². The third-order valence-electron chi connectivity index (χ3n) is 4.37. The molecule has 3 atom stereocenters. The highest BCUT2D eigenvalue weighted by molar-refractivity contribution is 6.33. The Bertz CT molecular complexity index is 505. The van der Waals surface area contributed by atoms with Gasteiger partial charge in [0.1, 0.15) is 11.5 Å². The summed E-state index contributed by atoms with van der Waals surface area (Å²) >= 11 is 6.06. The summed E-state index contributed by atoms with van der Waals surface area (Å²) in [5.41, 5.74) is 0.316. The lowest BCUT2D eigenvalue weighted by atomic mass is 9.95. The number of anilines is 1. The Labute approximate surface area is 117 Å². The second-order valence-corrected chi connectivity index (χ2v) is 5.94. The van der Waals surface area contributed by atoms with E-state index in [1.165, 1.54) is 19.3 Å². The largest absolute Gasteiger partial charge is 0.373 e. The molecule has 102 valence electrons. The Kier molecular flexibility index (Phi) is 3.35. The fourth-order valence-corrected chi connectivity index (χ4v) is 3.59. The summed E-state index contributed by atoms with van der Waals surface area (Å²) in [4.78, 5) is 16.5. The molecule has 5 heteroatoms. The van der Waals surface area contributed by atoms with Gasteiger partial charge in [-0.15, -0.1) is 0 Å². The molecule has 2 fully saturated rings. The van der Waals surface area contributed by atoms with Crippen LogP contribution < -0.4 is 10.6 Å². The fraction of sp³-hybridized carbons (Fsp3) is 0.571. The Balaban J connectivity index is 1.73. The number of rotatable bonds is 3. The predicted molar refractivity (Wildman–Crippen MR) is 75.5 cm³/mol. The topological polar surface area (TPSA) is 54.0 Å². The molecular weight excluding hydrogens is 262 g/mol. The van der Waals surface area contributed by atoms with Gasteiger partial charge in [-0.3, -0.25) is 4.79 Å². The third kappa shape index (κ3) is 2.41. The van der Waals surface area contributed by atoms with Crippen molar-refractivity contribution in [1.29, 1.82) is 0 Å². The molecule has 2 bridgehead atoms. The number of nitrogens with one attached hydrogen (secondary N) is 2. The van der Waals surface area contributed by atoms with Crippen LogP contribution >= 0.6 is 11.6 Å². The first-order valence-corrected chi connectivity index (χ1v) is 7.20. The Hall–Kier alpha value is -1.29. The SMILES string of the molecule is CNc1ccc(Cl)c(C(=O)NC2CC3CCC2C3)n1. The van der Waals surface area contributed by atoms with E-state index in [0.29, 0.717) is 28.5 Å². The van der Waals surface area contributed by atoms with Crippen LogP contribution in [0.4, 0.5) is 5.82 Å². The first kappa shape index (κ1) is 12.7. The third-order valence-corrected chi connectivity index (χ3v) is 4.68. The quantitative estimate of drug-likeness (QED) is 0.894. The van der Waals surface area contributed by atoms with E-state index in [1.54, 1.807) is 19.2 Å². The smallest absolute Gasteiger partial charge is 0.271 e. The minimum atomic E-state index is -0.153. The Morgan fingerprint density at radius 1 is 1.37 bits per heavy atom. The molecule has 1 aromatic heterocycles. The number of carbonyl (C=O) groups is 1. The summed E-state index contributed by atoms with van der Waals surface area (Å²) in [7, 11) is 1.77. The van der Waals surface area contributed by atoms with Crippen LogP contribution in [-0.2, 0) is 0 Å². The van der Waals surface area contributed by atoms with Crippen LogP contribution in [0, 0.1) is 11.8 Å². The first-order valence-electron chi connectivity index (χ1n) is 6.82. The molecule has 2 aliphatic rings. The molecule has 0 radical (unpaired) electrons. The number of halogens is 1. The predicted octanol–water partition coefficient (Wildman–Crippen LogP) is 2.70. The molecule has 2 saturated carbocycles. The van der Waals surface area contributed by atoms with Gasteiger partial charge in [-0.25, -0.2) is 4.98 Å². The summed E-state index contributed by atoms with van der Waals surface area (Å²) in [5, 5.41) is 6.43. The summed E-state index contributed by atoms with van der Waals surface area (Å²) in [6.45, 7) is 0. The average Bonchev–Trinajstić information content (AvgIpc) is 3.01. The van der Waals surface area contributed by atoms with Gasteiger partial charge in [0, 0.05) is 13.1 Å². The van der Waals surface area contributed by atoms with Crippen molar-refractivity contribution in [1.82, 2.24) is 10.3 Å². The van der Waals surface area contributed by atoms with Gasteiger partial charge in [0.05, 0.1) is 5.02 Å². The number of pyridine rings is 1. The van der Waals surface area contributed by atoms with Crippen molar-refractivity contribution in [3.8, 4) is 0 Å². The highest BCUT2D eigenvalue weighted by atomic mass is 35.5. The maximum atomic E-state index is 12.3. The van der Waals surface area contributed by atoms with E-state index in [1.807, 2.05) is 0 Å². The number of aromatic nitrogens is 1. The summed E-state index contributed by atoms with van der Waals surface area (Å²) in [5.74, 6) is 1.96. The van der Waals surface area contributed by atoms with Crippen molar-refractivity contribution in [2.75, 3.05) is 12.4 Å². The van der Waals surface area contributed by atoms with Gasteiger partial charge in [0.2, 0.25) is 0 Å². The Morgan fingerprint density at radius 2 is 2.21 bits per heavy atom. The second kappa shape index (κ2) is 5.00. The second-order valence-electron chi connectivity index (χ2n) is 5.53. The number of carbonyl (C=O) groups excluding carboxylic acids is 1. The van der Waals surface area contributed by atoms with Crippen molar-refractivity contribution in [2.45, 2.75) is 31.7 Å². The molecule has 1 amide bonds. The molecule has 3 unspecified atom stereocenters. The van der Waals surface area contributed by atoms with Gasteiger partial charge < -0.3 is 10.6 Å². The monoisotopic (exact) mass is 279 g/mol. The molecule has 0 aliphatic heterocycles. The van der Waals surface area contributed by atoms with E-state index < -0.39 is 0 Å². The molecule has 1 aromatic rings. The van der Waals surface area contributed by atoms with E-state index in [2.05, 4.69) is 15.6 Å². The number of amides is 1. The number of nitrogens with zero attached hydrogens (tertiary/aromatic N) is 1. The highest BCUT2D eigenvalue weighted by Gasteiger charge is 2.40. The van der Waals surface area contributed by atoms with Gasteiger partial charge in [-0.05, 0) is 43.2 Å². The van der Waals surface area contributed by atoms with E-state index in [4.69, 9.17) is 11.6 Å². The minimum Gasteiger partial charge on any atom is -0.373 e. The molecule has 0 aromatic carbocycles. The van der Waals surface area contributed by atoms with Crippen molar-refractivity contribution in [3.63, 3.8) is 0 Å². The summed E-state index contributed by atoms with van der Waals surface area (Å²) in [6, 6.07) is 3.77. The molecule has 0 saturated heterocycles. The normalized spacial score (nSPS) is 28.4. The standard InChI is InChI=1S/C14H18ClN3O/c1-16-12-5-4-10(15)13(18-12)14(19)17-11-7-8-2-3-9(11)6-8/h4-5,8-9,11H,2-3,6-7H2,1H3,(H,16,18)(H,17,19). The zero-order chi connectivity index (χ0) is 13.4. The van der Waals surface area contributed by atoms with E-state index in [-0.39, 0.29) is 5.91 Å². The zero-order valence-electron chi connectivity index (χ0n) is 10.9. The van der Waals surface area contributed by atoms with E-state index in [9.17, 15) is 4.79 Å². The van der Waals surface area contributed by atoms with Gasteiger partial charge in [-0.1, -0.05) is 18.0 Å². The van der Waals surface area contributed by atoms with E-state index >= 15 is 0 Å². The molecular formula is C14H18ClN3O. The first-order chi connectivity index (χ1) is 9.17. The van der Waals surface area contributed by atoms with Crippen molar-refractivity contribution in [3.05, 3.63) is 22.8 Å².